The largest absolute Gasteiger partial charge is 0.481 e. The molecular formula is C17H16N7O+. The van der Waals surface area contributed by atoms with Crippen molar-refractivity contribution in [3.8, 4) is 17.1 Å². The van der Waals surface area contributed by atoms with Gasteiger partial charge in [-0.3, -0.25) is 0 Å². The van der Waals surface area contributed by atoms with Gasteiger partial charge >= 0.3 is 0 Å². The molecule has 0 aliphatic carbocycles. The van der Waals surface area contributed by atoms with Crippen molar-refractivity contribution in [3.63, 3.8) is 0 Å². The number of hydrogen-bond donors (Lipinski definition) is 2. The minimum atomic E-state index is 0.567. The fraction of sp³-hybridized carbons (Fsp3) is 0.118. The molecule has 0 aromatic carbocycles. The Hall–Kier alpha value is -3.55. The molecule has 4 aromatic rings. The summed E-state index contributed by atoms with van der Waals surface area (Å²) in [6, 6.07) is 5.65. The summed E-state index contributed by atoms with van der Waals surface area (Å²) in [5, 5.41) is 3.37. The zero-order valence-electron chi connectivity index (χ0n) is 13.7. The highest BCUT2D eigenvalue weighted by Gasteiger charge is 2.16. The number of anilines is 2. The molecule has 0 aliphatic heterocycles. The molecule has 4 aromatic heterocycles. The topological polar surface area (TPSA) is 103 Å². The number of aryl methyl sites for hydroxylation is 1. The summed E-state index contributed by atoms with van der Waals surface area (Å²) in [5.74, 6) is 1.23. The van der Waals surface area contributed by atoms with Crippen molar-refractivity contribution in [1.82, 2.24) is 24.9 Å². The van der Waals surface area contributed by atoms with E-state index in [2.05, 4.69) is 35.2 Å². The number of aromatic amines is 2. The molecule has 0 bridgehead atoms. The average Bonchev–Trinajstić information content (AvgIpc) is 3.10. The lowest BCUT2D eigenvalue weighted by molar-refractivity contribution is -0.377. The summed E-state index contributed by atoms with van der Waals surface area (Å²) in [6.45, 7) is 1.85. The second-order valence-electron chi connectivity index (χ2n) is 5.41. The van der Waals surface area contributed by atoms with Gasteiger partial charge in [0, 0.05) is 12.1 Å². The Morgan fingerprint density at radius 1 is 1.16 bits per heavy atom. The number of imidazole rings is 1. The van der Waals surface area contributed by atoms with Crippen LogP contribution < -0.4 is 15.0 Å². The third-order valence-electron chi connectivity index (χ3n) is 3.74. The molecule has 4 heterocycles. The Balaban J connectivity index is 1.79. The van der Waals surface area contributed by atoms with E-state index in [0.29, 0.717) is 17.4 Å². The Kier molecular flexibility index (Phi) is 3.70. The van der Waals surface area contributed by atoms with Crippen molar-refractivity contribution in [3.05, 3.63) is 48.9 Å². The van der Waals surface area contributed by atoms with Crippen LogP contribution in [0.3, 0.4) is 0 Å². The quantitative estimate of drug-likeness (QED) is 0.593. The van der Waals surface area contributed by atoms with E-state index in [1.54, 1.807) is 25.7 Å². The van der Waals surface area contributed by atoms with Gasteiger partial charge in [0.15, 0.2) is 18.0 Å². The van der Waals surface area contributed by atoms with E-state index in [1.807, 2.05) is 31.5 Å². The zero-order valence-corrected chi connectivity index (χ0v) is 13.7. The summed E-state index contributed by atoms with van der Waals surface area (Å²) < 4.78 is 5.09. The minimum Gasteiger partial charge on any atom is -0.481 e. The maximum Gasteiger partial charge on any atom is 0.213 e. The van der Waals surface area contributed by atoms with Crippen LogP contribution in [0.4, 0.5) is 11.4 Å². The van der Waals surface area contributed by atoms with Crippen LogP contribution in [0.25, 0.3) is 22.4 Å². The lowest BCUT2D eigenvalue weighted by Gasteiger charge is -2.10. The van der Waals surface area contributed by atoms with Crippen LogP contribution in [0.1, 0.15) is 5.82 Å². The van der Waals surface area contributed by atoms with E-state index < -0.39 is 0 Å². The van der Waals surface area contributed by atoms with Crippen molar-refractivity contribution < 1.29 is 9.72 Å². The molecule has 0 atom stereocenters. The molecule has 0 aliphatic rings. The first-order valence-electron chi connectivity index (χ1n) is 7.70. The van der Waals surface area contributed by atoms with Crippen LogP contribution in [-0.2, 0) is 0 Å². The van der Waals surface area contributed by atoms with Gasteiger partial charge < -0.3 is 15.0 Å². The Morgan fingerprint density at radius 3 is 2.88 bits per heavy atom. The van der Waals surface area contributed by atoms with Crippen molar-refractivity contribution in [2.45, 2.75) is 6.92 Å². The number of hydrogen-bond acceptors (Lipinski definition) is 6. The summed E-state index contributed by atoms with van der Waals surface area (Å²) >= 11 is 0. The number of ether oxygens (including phenoxy) is 1. The second kappa shape index (κ2) is 6.16. The summed E-state index contributed by atoms with van der Waals surface area (Å²) in [7, 11) is 1.59. The van der Waals surface area contributed by atoms with Gasteiger partial charge in [-0.2, -0.15) is 0 Å². The number of nitrogens with one attached hydrogen (secondary N) is 3. The number of H-pyrrole nitrogens is 2. The fourth-order valence-corrected chi connectivity index (χ4v) is 2.60. The minimum absolute atomic E-state index is 0.567. The van der Waals surface area contributed by atoms with Gasteiger partial charge in [0.25, 0.3) is 0 Å². The lowest BCUT2D eigenvalue weighted by atomic mass is 10.1. The molecule has 0 spiro atoms. The third kappa shape index (κ3) is 2.85. The van der Waals surface area contributed by atoms with Crippen LogP contribution in [-0.4, -0.2) is 32.0 Å². The zero-order chi connectivity index (χ0) is 17.2. The smallest absolute Gasteiger partial charge is 0.213 e. The fourth-order valence-electron chi connectivity index (χ4n) is 2.60. The van der Waals surface area contributed by atoms with Gasteiger partial charge in [0.05, 0.1) is 36.6 Å². The van der Waals surface area contributed by atoms with Gasteiger partial charge in [-0.15, -0.1) is 0 Å². The van der Waals surface area contributed by atoms with Crippen LogP contribution in [0.2, 0.25) is 0 Å². The molecule has 124 valence electrons. The SMILES string of the molecule is COc1ccc(Nc2cc[nH+]cc2-c2nc(C)nc3nc[nH]c23)cn1. The number of nitrogens with zero attached hydrogens (tertiary/aromatic N) is 4. The van der Waals surface area contributed by atoms with E-state index in [4.69, 9.17) is 4.74 Å². The number of rotatable bonds is 4. The van der Waals surface area contributed by atoms with E-state index in [0.717, 1.165) is 28.1 Å². The van der Waals surface area contributed by atoms with Crippen LogP contribution in [0.5, 0.6) is 5.88 Å². The van der Waals surface area contributed by atoms with Crippen molar-refractivity contribution in [2.75, 3.05) is 12.4 Å². The van der Waals surface area contributed by atoms with E-state index in [1.165, 1.54) is 0 Å². The predicted molar refractivity (Wildman–Crippen MR) is 92.5 cm³/mol. The first-order valence-corrected chi connectivity index (χ1v) is 7.70. The Morgan fingerprint density at radius 2 is 2.08 bits per heavy atom. The summed E-state index contributed by atoms with van der Waals surface area (Å²) in [4.78, 5) is 23.6. The van der Waals surface area contributed by atoms with Gasteiger partial charge in [-0.1, -0.05) is 0 Å². The standard InChI is InChI=1S/C17H15N7O/c1-10-22-15(16-17(23-10)21-9-20-16)12-8-18-6-5-13(12)24-11-3-4-14(25-2)19-7-11/h3-9H,1-2H3,(H,18,24)(H,20,21,22,23)/p+1. The summed E-state index contributed by atoms with van der Waals surface area (Å²) in [6.07, 6.45) is 7.08. The monoisotopic (exact) mass is 334 g/mol. The molecule has 8 heteroatoms. The molecule has 8 nitrogen and oxygen atoms in total. The molecule has 0 amide bonds. The number of methoxy groups -OCH3 is 1. The van der Waals surface area contributed by atoms with Gasteiger partial charge in [0.2, 0.25) is 5.88 Å². The number of aromatic nitrogens is 6. The number of pyridine rings is 2. The average molecular weight is 334 g/mol. The predicted octanol–water partition coefficient (Wildman–Crippen LogP) is 2.29. The molecule has 4 rings (SSSR count). The maximum absolute atomic E-state index is 5.09. The molecule has 0 fully saturated rings. The van der Waals surface area contributed by atoms with Gasteiger partial charge in [0.1, 0.15) is 17.0 Å². The van der Waals surface area contributed by atoms with Crippen molar-refractivity contribution in [2.24, 2.45) is 0 Å². The molecule has 3 N–H and O–H groups in total. The van der Waals surface area contributed by atoms with Gasteiger partial charge in [-0.25, -0.2) is 24.9 Å². The van der Waals surface area contributed by atoms with E-state index in [9.17, 15) is 0 Å². The van der Waals surface area contributed by atoms with Crippen molar-refractivity contribution >= 4 is 22.5 Å². The normalized spacial score (nSPS) is 10.8. The Labute approximate surface area is 143 Å². The van der Waals surface area contributed by atoms with Gasteiger partial charge in [-0.05, 0) is 13.0 Å². The third-order valence-corrected chi connectivity index (χ3v) is 3.74. The highest BCUT2D eigenvalue weighted by molar-refractivity contribution is 5.91. The van der Waals surface area contributed by atoms with E-state index >= 15 is 0 Å². The van der Waals surface area contributed by atoms with Crippen LogP contribution in [0.15, 0.2) is 43.1 Å². The van der Waals surface area contributed by atoms with Crippen LogP contribution >= 0.6 is 0 Å². The second-order valence-corrected chi connectivity index (χ2v) is 5.41. The molecular weight excluding hydrogens is 318 g/mol. The highest BCUT2D eigenvalue weighted by Crippen LogP contribution is 2.31. The maximum atomic E-state index is 5.09. The molecule has 25 heavy (non-hydrogen) atoms. The first kappa shape index (κ1) is 15.0. The van der Waals surface area contributed by atoms with Crippen molar-refractivity contribution in [1.29, 1.82) is 0 Å². The number of fused-ring (bicyclic) bond motifs is 1. The first-order chi connectivity index (χ1) is 12.2. The molecule has 0 radical (unpaired) electrons. The molecule has 0 unspecified atom stereocenters. The lowest BCUT2D eigenvalue weighted by Crippen LogP contribution is -2.05. The molecule has 0 saturated carbocycles. The van der Waals surface area contributed by atoms with Crippen LogP contribution in [0, 0.1) is 6.92 Å². The molecule has 0 saturated heterocycles. The summed E-state index contributed by atoms with van der Waals surface area (Å²) in [5.41, 5.74) is 4.85. The Bertz CT molecular complexity index is 1030. The van der Waals surface area contributed by atoms with E-state index in [-0.39, 0.29) is 0 Å². The highest BCUT2D eigenvalue weighted by atomic mass is 16.5.